The number of ether oxygens (including phenoxy) is 2. The molecule has 4 rings (SSSR count). The van der Waals surface area contributed by atoms with E-state index in [1.807, 2.05) is 26.1 Å². The minimum Gasteiger partial charge on any atom is -0.385 e. The summed E-state index contributed by atoms with van der Waals surface area (Å²) in [6.45, 7) is 7.89. The van der Waals surface area contributed by atoms with Crippen LogP contribution >= 0.6 is 0 Å². The molecule has 1 N–H and O–H groups in total. The third-order valence-corrected chi connectivity index (χ3v) is 5.77. The first-order valence-corrected chi connectivity index (χ1v) is 11.1. The molecule has 0 atom stereocenters. The summed E-state index contributed by atoms with van der Waals surface area (Å²) in [6, 6.07) is 10.4. The summed E-state index contributed by atoms with van der Waals surface area (Å²) in [5.74, 6) is 1.72. The number of aryl methyl sites for hydroxylation is 3. The number of methoxy groups -OCH3 is 1. The summed E-state index contributed by atoms with van der Waals surface area (Å²) < 4.78 is 12.9. The van der Waals surface area contributed by atoms with Gasteiger partial charge < -0.3 is 18.9 Å². The van der Waals surface area contributed by atoms with Crippen LogP contribution in [0.5, 0.6) is 0 Å². The molecule has 1 fully saturated rings. The molecule has 0 amide bonds. The Morgan fingerprint density at radius 2 is 2.03 bits per heavy atom. The lowest BCUT2D eigenvalue weighted by Crippen LogP contribution is -2.36. The number of hydrogen-bond acceptors (Lipinski definition) is 7. The van der Waals surface area contributed by atoms with Crippen molar-refractivity contribution in [2.45, 2.75) is 26.7 Å². The second-order valence-electron chi connectivity index (χ2n) is 8.16. The van der Waals surface area contributed by atoms with Crippen LogP contribution in [0.1, 0.15) is 30.3 Å². The summed E-state index contributed by atoms with van der Waals surface area (Å²) >= 11 is 0. The summed E-state index contributed by atoms with van der Waals surface area (Å²) in [5, 5.41) is 4.61. The van der Waals surface area contributed by atoms with Crippen LogP contribution < -0.4 is 10.3 Å². The van der Waals surface area contributed by atoms with Gasteiger partial charge in [-0.05, 0) is 25.8 Å². The average molecular weight is 437 g/mol. The largest absolute Gasteiger partial charge is 0.385 e. The van der Waals surface area contributed by atoms with Gasteiger partial charge in [-0.15, -0.1) is 0 Å². The van der Waals surface area contributed by atoms with E-state index in [1.54, 1.807) is 7.11 Å². The van der Waals surface area contributed by atoms with Crippen molar-refractivity contribution < 1.29 is 9.47 Å². The van der Waals surface area contributed by atoms with E-state index in [2.05, 4.69) is 45.1 Å². The molecule has 0 aliphatic carbocycles. The van der Waals surface area contributed by atoms with Crippen LogP contribution in [0.3, 0.4) is 0 Å². The lowest BCUT2D eigenvalue weighted by molar-refractivity contribution is 0.123. The van der Waals surface area contributed by atoms with Crippen LogP contribution in [0.25, 0.3) is 11.2 Å². The van der Waals surface area contributed by atoms with Crippen LogP contribution in [0.2, 0.25) is 0 Å². The van der Waals surface area contributed by atoms with Gasteiger partial charge in [-0.2, -0.15) is 5.10 Å². The Labute approximate surface area is 189 Å². The van der Waals surface area contributed by atoms with Crippen molar-refractivity contribution in [1.29, 1.82) is 0 Å². The molecular weight excluding hydrogens is 404 g/mol. The number of morpholine rings is 1. The molecule has 1 aliphatic heterocycles. The molecule has 0 spiro atoms. The van der Waals surface area contributed by atoms with Crippen LogP contribution in [0, 0.1) is 6.92 Å². The van der Waals surface area contributed by atoms with E-state index in [1.165, 1.54) is 5.56 Å². The first-order valence-electron chi connectivity index (χ1n) is 11.1. The fraction of sp³-hybridized carbons (Fsp3) is 0.458. The Balaban J connectivity index is 1.69. The molecule has 0 unspecified atom stereocenters. The summed E-state index contributed by atoms with van der Waals surface area (Å²) in [7, 11) is 3.75. The molecule has 1 aliphatic rings. The lowest BCUT2D eigenvalue weighted by atomic mass is 10.1. The number of fused-ring (bicyclic) bond motifs is 1. The minimum atomic E-state index is 0.706. The van der Waals surface area contributed by atoms with Gasteiger partial charge in [-0.1, -0.05) is 29.8 Å². The lowest BCUT2D eigenvalue weighted by Gasteiger charge is -2.29. The molecule has 0 bridgehead atoms. The first-order chi connectivity index (χ1) is 15.6. The molecule has 3 aromatic rings. The van der Waals surface area contributed by atoms with Gasteiger partial charge in [0, 0.05) is 46.3 Å². The molecule has 170 valence electrons. The van der Waals surface area contributed by atoms with Crippen LogP contribution in [-0.4, -0.2) is 60.3 Å². The van der Waals surface area contributed by atoms with Crippen LogP contribution in [-0.2, 0) is 22.9 Å². The number of aromatic nitrogens is 3. The van der Waals surface area contributed by atoms with Gasteiger partial charge in [0.2, 0.25) is 0 Å². The highest BCUT2D eigenvalue weighted by molar-refractivity contribution is 5.99. The van der Waals surface area contributed by atoms with Crippen molar-refractivity contribution in [1.82, 2.24) is 14.5 Å². The molecule has 3 heterocycles. The number of benzene rings is 1. The predicted octanol–water partition coefficient (Wildman–Crippen LogP) is 3.53. The van der Waals surface area contributed by atoms with Crippen LogP contribution in [0.4, 0.5) is 11.5 Å². The van der Waals surface area contributed by atoms with Crippen LogP contribution in [0.15, 0.2) is 35.4 Å². The van der Waals surface area contributed by atoms with Gasteiger partial charge in [0.15, 0.2) is 11.5 Å². The molecule has 2 aromatic heterocycles. The zero-order valence-corrected chi connectivity index (χ0v) is 19.4. The number of nitrogens with one attached hydrogen (secondary N) is 1. The summed E-state index contributed by atoms with van der Waals surface area (Å²) in [5.41, 5.74) is 9.24. The third-order valence-electron chi connectivity index (χ3n) is 5.77. The standard InChI is InChI=1S/C24H32N6O2/c1-17-7-5-8-19(15-17)18(2)27-28-21-16-20(30-10-13-32-14-11-30)23-24(25-21)29(3)22(26-23)9-6-12-31-4/h5,7-8,15-16H,6,9-14H2,1-4H3,(H,25,28)/b27-18+. The van der Waals surface area contributed by atoms with Gasteiger partial charge >= 0.3 is 0 Å². The predicted molar refractivity (Wildman–Crippen MR) is 129 cm³/mol. The number of rotatable bonds is 8. The highest BCUT2D eigenvalue weighted by atomic mass is 16.5. The second-order valence-corrected chi connectivity index (χ2v) is 8.16. The number of anilines is 2. The van der Waals surface area contributed by atoms with E-state index in [0.717, 1.165) is 59.9 Å². The van der Waals surface area contributed by atoms with E-state index in [9.17, 15) is 0 Å². The van der Waals surface area contributed by atoms with E-state index in [-0.39, 0.29) is 0 Å². The van der Waals surface area contributed by atoms with Gasteiger partial charge in [0.05, 0.1) is 24.6 Å². The Morgan fingerprint density at radius 3 is 2.78 bits per heavy atom. The Morgan fingerprint density at radius 1 is 1.22 bits per heavy atom. The molecule has 32 heavy (non-hydrogen) atoms. The monoisotopic (exact) mass is 436 g/mol. The Kier molecular flexibility index (Phi) is 7.02. The molecular formula is C24H32N6O2. The SMILES string of the molecule is COCCCc1nc2c(N3CCOCC3)cc(N/N=C(\C)c3cccc(C)c3)nc2n1C. The summed E-state index contributed by atoms with van der Waals surface area (Å²) in [6.07, 6.45) is 1.77. The third kappa shape index (κ3) is 4.92. The molecule has 1 saturated heterocycles. The van der Waals surface area contributed by atoms with Crippen molar-refractivity contribution in [2.24, 2.45) is 12.1 Å². The topological polar surface area (TPSA) is 76.8 Å². The normalized spacial score (nSPS) is 14.9. The second kappa shape index (κ2) is 10.1. The number of pyridine rings is 1. The molecule has 8 nitrogen and oxygen atoms in total. The maximum Gasteiger partial charge on any atom is 0.164 e. The molecule has 0 saturated carbocycles. The zero-order valence-electron chi connectivity index (χ0n) is 19.4. The van der Waals surface area contributed by atoms with Gasteiger partial charge in [0.25, 0.3) is 0 Å². The number of imidazole rings is 1. The Bertz CT molecular complexity index is 1100. The van der Waals surface area contributed by atoms with E-state index < -0.39 is 0 Å². The maximum absolute atomic E-state index is 5.56. The van der Waals surface area contributed by atoms with Crippen molar-refractivity contribution in [3.63, 3.8) is 0 Å². The quantitative estimate of drug-likeness (QED) is 0.331. The smallest absolute Gasteiger partial charge is 0.164 e. The average Bonchev–Trinajstić information content (AvgIpc) is 3.13. The molecule has 0 radical (unpaired) electrons. The molecule has 1 aromatic carbocycles. The van der Waals surface area contributed by atoms with Gasteiger partial charge in [-0.3, -0.25) is 5.43 Å². The summed E-state index contributed by atoms with van der Waals surface area (Å²) in [4.78, 5) is 12.1. The van der Waals surface area contributed by atoms with Crippen molar-refractivity contribution in [2.75, 3.05) is 50.3 Å². The fourth-order valence-corrected chi connectivity index (χ4v) is 3.96. The highest BCUT2D eigenvalue weighted by Crippen LogP contribution is 2.29. The molecule has 8 heteroatoms. The fourth-order valence-electron chi connectivity index (χ4n) is 3.96. The van der Waals surface area contributed by atoms with E-state index in [0.29, 0.717) is 25.6 Å². The van der Waals surface area contributed by atoms with Crippen molar-refractivity contribution in [3.05, 3.63) is 47.3 Å². The number of hydrogen-bond donors (Lipinski definition) is 1. The Hall–Kier alpha value is -2.97. The zero-order chi connectivity index (χ0) is 22.5. The van der Waals surface area contributed by atoms with Crippen molar-refractivity contribution in [3.8, 4) is 0 Å². The highest BCUT2D eigenvalue weighted by Gasteiger charge is 2.20. The maximum atomic E-state index is 5.56. The van der Waals surface area contributed by atoms with E-state index in [4.69, 9.17) is 19.4 Å². The number of hydrazone groups is 1. The number of nitrogens with zero attached hydrogens (tertiary/aromatic N) is 5. The minimum absolute atomic E-state index is 0.706. The van der Waals surface area contributed by atoms with Gasteiger partial charge in [0.1, 0.15) is 11.3 Å². The van der Waals surface area contributed by atoms with Crippen molar-refractivity contribution >= 4 is 28.4 Å². The first kappa shape index (κ1) is 22.2. The van der Waals surface area contributed by atoms with Gasteiger partial charge in [-0.25, -0.2) is 9.97 Å². The van der Waals surface area contributed by atoms with E-state index >= 15 is 0 Å².